The number of nitrogens with one attached hydrogen (secondary N) is 3. The normalized spacial score (nSPS) is 21.8. The topological polar surface area (TPSA) is 194 Å². The zero-order valence-electron chi connectivity index (χ0n) is 51.1. The molecule has 6 aromatic rings. The molecule has 2 atom stereocenters. The van der Waals surface area contributed by atoms with Gasteiger partial charge in [0.25, 0.3) is 0 Å². The maximum atomic E-state index is 12.6. The lowest BCUT2D eigenvalue weighted by Gasteiger charge is -2.43. The summed E-state index contributed by atoms with van der Waals surface area (Å²) in [5.41, 5.74) is 13.9. The summed E-state index contributed by atoms with van der Waals surface area (Å²) in [4.78, 5) is 58.1. The van der Waals surface area contributed by atoms with E-state index in [1.165, 1.54) is 88.5 Å². The molecule has 4 aromatic carbocycles. The highest BCUT2D eigenvalue weighted by molar-refractivity contribution is 6.02. The van der Waals surface area contributed by atoms with E-state index in [4.69, 9.17) is 24.9 Å². The van der Waals surface area contributed by atoms with E-state index < -0.39 is 0 Å². The Balaban J connectivity index is 0.000000163. The molecule has 21 nitrogen and oxygen atoms in total. The van der Waals surface area contributed by atoms with Gasteiger partial charge in [0.1, 0.15) is 35.8 Å². The number of anilines is 10. The molecule has 464 valence electrons. The second-order valence-electron chi connectivity index (χ2n) is 24.4. The SMILES string of the molecule is C=CC(=O)Nc1cc(Nc2cc(N3OCC[C@@H]3c3ccccc3)ncn2)c(OC)cc1N1CCC(N2CCN(C3CC3)CC2)CC1.COc1cc(N2CCC(N3CCN(C4CC4)CC3)CC2)c(N)cc1Nc1cc(N2OCC[C@@H]2c2ccccc2)ncn1. The second kappa shape index (κ2) is 27.3. The van der Waals surface area contributed by atoms with Gasteiger partial charge < -0.3 is 41.0 Å². The summed E-state index contributed by atoms with van der Waals surface area (Å²) < 4.78 is 11.7. The molecule has 2 saturated carbocycles. The minimum Gasteiger partial charge on any atom is -0.494 e. The minimum absolute atomic E-state index is 0.0648. The number of piperidine rings is 2. The maximum absolute atomic E-state index is 12.6. The van der Waals surface area contributed by atoms with Gasteiger partial charge in [-0.25, -0.2) is 30.1 Å². The van der Waals surface area contributed by atoms with E-state index in [1.807, 2.05) is 64.7 Å². The first-order valence-corrected chi connectivity index (χ1v) is 32.0. The third-order valence-electron chi connectivity index (χ3n) is 19.0. The van der Waals surface area contributed by atoms with E-state index in [9.17, 15) is 4.79 Å². The van der Waals surface area contributed by atoms with Crippen molar-refractivity contribution in [1.29, 1.82) is 0 Å². The second-order valence-corrected chi connectivity index (χ2v) is 24.4. The molecule has 0 spiro atoms. The third-order valence-corrected chi connectivity index (χ3v) is 19.0. The van der Waals surface area contributed by atoms with Crippen molar-refractivity contribution in [2.45, 2.75) is 100 Å². The number of nitrogens with zero attached hydrogens (tertiary/aromatic N) is 12. The van der Waals surface area contributed by atoms with Crippen LogP contribution in [0.5, 0.6) is 11.5 Å². The molecule has 8 heterocycles. The minimum atomic E-state index is -0.261. The number of hydroxylamine groups is 2. The van der Waals surface area contributed by atoms with Crippen molar-refractivity contribution in [1.82, 2.24) is 39.5 Å². The molecule has 8 fully saturated rings. The van der Waals surface area contributed by atoms with Crippen LogP contribution in [-0.2, 0) is 14.5 Å². The molecule has 21 heteroatoms. The highest BCUT2D eigenvalue weighted by Crippen LogP contribution is 2.43. The van der Waals surface area contributed by atoms with Gasteiger partial charge in [0.2, 0.25) is 5.91 Å². The lowest BCUT2D eigenvalue weighted by Crippen LogP contribution is -2.53. The molecule has 8 aliphatic rings. The van der Waals surface area contributed by atoms with Gasteiger partial charge in [0.05, 0.1) is 73.6 Å². The van der Waals surface area contributed by atoms with E-state index in [2.05, 4.69) is 114 Å². The van der Waals surface area contributed by atoms with Crippen molar-refractivity contribution in [3.63, 3.8) is 0 Å². The number of carbonyl (C=O) groups excluding carboxylic acids is 1. The number of hydrogen-bond donors (Lipinski definition) is 4. The number of ether oxygens (including phenoxy) is 2. The Bertz CT molecular complexity index is 3310. The number of nitrogen functional groups attached to an aromatic ring is 1. The van der Waals surface area contributed by atoms with E-state index in [1.54, 1.807) is 20.5 Å². The Morgan fingerprint density at radius 1 is 0.511 bits per heavy atom. The fourth-order valence-corrected chi connectivity index (χ4v) is 14.0. The quantitative estimate of drug-likeness (QED) is 0.0469. The Morgan fingerprint density at radius 3 is 1.34 bits per heavy atom. The molecule has 88 heavy (non-hydrogen) atoms. The summed E-state index contributed by atoms with van der Waals surface area (Å²) in [5.74, 6) is 3.73. The first-order chi connectivity index (χ1) is 43.2. The summed E-state index contributed by atoms with van der Waals surface area (Å²) in [5, 5.41) is 13.6. The number of aromatic nitrogens is 4. The number of amides is 1. The number of piperazine rings is 2. The van der Waals surface area contributed by atoms with Gasteiger partial charge in [0, 0.05) is 140 Å². The molecule has 0 bridgehead atoms. The van der Waals surface area contributed by atoms with Crippen LogP contribution in [0.15, 0.2) is 122 Å². The van der Waals surface area contributed by atoms with Crippen molar-refractivity contribution in [2.75, 3.05) is 148 Å². The Hall–Kier alpha value is -7.79. The highest BCUT2D eigenvalue weighted by Gasteiger charge is 2.37. The summed E-state index contributed by atoms with van der Waals surface area (Å²) in [6.07, 6.45) is 16.2. The third kappa shape index (κ3) is 13.7. The van der Waals surface area contributed by atoms with E-state index in [0.717, 1.165) is 118 Å². The molecule has 5 N–H and O–H groups in total. The van der Waals surface area contributed by atoms with E-state index >= 15 is 0 Å². The van der Waals surface area contributed by atoms with Crippen LogP contribution in [0.3, 0.4) is 0 Å². The molecule has 14 rings (SSSR count). The molecule has 6 aliphatic heterocycles. The Kier molecular flexibility index (Phi) is 18.4. The predicted molar refractivity (Wildman–Crippen MR) is 347 cm³/mol. The van der Waals surface area contributed by atoms with Crippen molar-refractivity contribution in [3.05, 3.63) is 133 Å². The van der Waals surface area contributed by atoms with Gasteiger partial charge in [-0.2, -0.15) is 0 Å². The molecule has 0 radical (unpaired) electrons. The van der Waals surface area contributed by atoms with Crippen LogP contribution in [0, 0.1) is 0 Å². The average Bonchev–Trinajstić information content (AvgIpc) is 2.87. The van der Waals surface area contributed by atoms with Gasteiger partial charge in [-0.1, -0.05) is 67.2 Å². The fourth-order valence-electron chi connectivity index (χ4n) is 14.0. The molecule has 6 saturated heterocycles. The number of nitrogens with two attached hydrogens (primary N) is 1. The number of rotatable bonds is 18. The molecule has 2 aromatic heterocycles. The summed E-state index contributed by atoms with van der Waals surface area (Å²) in [6.45, 7) is 18.4. The zero-order chi connectivity index (χ0) is 59.9. The lowest BCUT2D eigenvalue weighted by atomic mass is 10.0. The largest absolute Gasteiger partial charge is 0.494 e. The Morgan fingerprint density at radius 2 is 0.920 bits per heavy atom. The van der Waals surface area contributed by atoms with Crippen LogP contribution in [0.4, 0.5) is 57.4 Å². The van der Waals surface area contributed by atoms with Gasteiger partial charge in [-0.3, -0.25) is 34.1 Å². The van der Waals surface area contributed by atoms with Crippen LogP contribution in [0.25, 0.3) is 0 Å². The van der Waals surface area contributed by atoms with Crippen LogP contribution in [-0.4, -0.2) is 176 Å². The monoisotopic (exact) mass is 1190 g/mol. The molecule has 1 amide bonds. The highest BCUT2D eigenvalue weighted by atomic mass is 16.7. The van der Waals surface area contributed by atoms with Gasteiger partial charge in [0.15, 0.2) is 11.6 Å². The van der Waals surface area contributed by atoms with Crippen LogP contribution in [0.2, 0.25) is 0 Å². The smallest absolute Gasteiger partial charge is 0.247 e. The van der Waals surface area contributed by atoms with Crippen LogP contribution < -0.4 is 51.1 Å². The number of hydrogen-bond acceptors (Lipinski definition) is 20. The summed E-state index contributed by atoms with van der Waals surface area (Å²) in [6, 6.07) is 35.6. The van der Waals surface area contributed by atoms with Crippen molar-refractivity contribution in [3.8, 4) is 11.5 Å². The fraction of sp³-hybridized carbons (Fsp3) is 0.478. The summed E-state index contributed by atoms with van der Waals surface area (Å²) >= 11 is 0. The Labute approximate surface area is 517 Å². The predicted octanol–water partition coefficient (Wildman–Crippen LogP) is 9.43. The molecule has 0 unspecified atom stereocenters. The summed E-state index contributed by atoms with van der Waals surface area (Å²) in [7, 11) is 3.36. The zero-order valence-corrected chi connectivity index (χ0v) is 51.1. The van der Waals surface area contributed by atoms with Crippen molar-refractivity contribution >= 4 is 63.3 Å². The lowest BCUT2D eigenvalue weighted by molar-refractivity contribution is -0.111. The standard InChI is InChI=1S/C35H44N8O3.C32H42N8O2/c1-3-35(44)39-28-21-29(38-33-23-34(37-24-36-33)43-30(13-20-46-43)25-7-5-4-6-8-25)32(45-2)22-31(28)42-14-11-27(12-15-42)41-18-16-40(17-19-41)26-9-10-26;1-41-30-20-29(39-12-9-25(10-13-39)38-16-14-37(15-17-38)24-7-8-24)26(33)19-27(30)36-31-21-32(35-22-34-31)40-28(11-18-42-40)23-5-3-2-4-6-23/h3-8,21-24,26-27,30H,1,9-20H2,2H3,(H,39,44)(H,36,37,38);2-6,19-22,24-25,28H,7-18,33H2,1H3,(H,34,35,36)/t30-;28-/m11/s1. The first kappa shape index (κ1) is 59.2. The van der Waals surface area contributed by atoms with Crippen LogP contribution >= 0.6 is 0 Å². The number of methoxy groups -OCH3 is 2. The van der Waals surface area contributed by atoms with Crippen LogP contribution in [0.1, 0.15) is 87.4 Å². The van der Waals surface area contributed by atoms with Crippen molar-refractivity contribution < 1.29 is 23.9 Å². The van der Waals surface area contributed by atoms with Gasteiger partial charge in [-0.05, 0) is 80.7 Å². The maximum Gasteiger partial charge on any atom is 0.247 e. The first-order valence-electron chi connectivity index (χ1n) is 32.0. The molecule has 2 aliphatic carbocycles. The average molecular weight is 1200 g/mol. The molecular formula is C67H86N16O5. The van der Waals surface area contributed by atoms with E-state index in [-0.39, 0.29) is 18.0 Å². The number of benzene rings is 4. The van der Waals surface area contributed by atoms with E-state index in [0.29, 0.717) is 65.7 Å². The van der Waals surface area contributed by atoms with Crippen molar-refractivity contribution in [2.24, 2.45) is 0 Å². The number of carbonyl (C=O) groups is 1. The van der Waals surface area contributed by atoms with Gasteiger partial charge in [-0.15, -0.1) is 0 Å². The molecular weight excluding hydrogens is 1110 g/mol. The van der Waals surface area contributed by atoms with Gasteiger partial charge >= 0.3 is 0 Å².